The average molecular weight is 298 g/mol. The Labute approximate surface area is 123 Å². The second kappa shape index (κ2) is 7.99. The van der Waals surface area contributed by atoms with Crippen LogP contribution in [0.3, 0.4) is 0 Å². The Morgan fingerprint density at radius 2 is 2.15 bits per heavy atom. The molecule has 0 spiro atoms. The Morgan fingerprint density at radius 3 is 2.65 bits per heavy atom. The molecule has 0 saturated heterocycles. The van der Waals surface area contributed by atoms with Gasteiger partial charge >= 0.3 is 5.97 Å². The van der Waals surface area contributed by atoms with Crippen molar-refractivity contribution in [3.63, 3.8) is 0 Å². The number of aromatic nitrogens is 1. The van der Waals surface area contributed by atoms with Gasteiger partial charge < -0.3 is 10.0 Å². The predicted octanol–water partition coefficient (Wildman–Crippen LogP) is 2.34. The highest BCUT2D eigenvalue weighted by atomic mass is 32.1. The summed E-state index contributed by atoms with van der Waals surface area (Å²) >= 11 is 1.60. The highest BCUT2D eigenvalue weighted by molar-refractivity contribution is 7.09. The first-order valence-corrected chi connectivity index (χ1v) is 7.67. The molecule has 0 aliphatic heterocycles. The first kappa shape index (κ1) is 16.6. The van der Waals surface area contributed by atoms with Crippen LogP contribution < -0.4 is 0 Å². The molecule has 0 fully saturated rings. The minimum Gasteiger partial charge on any atom is -0.480 e. The van der Waals surface area contributed by atoms with E-state index >= 15 is 0 Å². The lowest BCUT2D eigenvalue weighted by atomic mass is 10.1. The molecular weight excluding hydrogens is 276 g/mol. The first-order chi connectivity index (χ1) is 9.38. The van der Waals surface area contributed by atoms with E-state index in [0.717, 1.165) is 17.1 Å². The molecule has 0 unspecified atom stereocenters. The fourth-order valence-corrected chi connectivity index (χ4v) is 2.61. The minimum atomic E-state index is -0.964. The number of carbonyl (C=O) groups excluding carboxylic acids is 1. The van der Waals surface area contributed by atoms with E-state index in [-0.39, 0.29) is 18.4 Å². The van der Waals surface area contributed by atoms with Crippen molar-refractivity contribution in [2.45, 2.75) is 40.0 Å². The SMILES string of the molecule is Cc1nc(CCCC(=O)N(CC(=O)O)CC(C)C)cs1. The molecule has 20 heavy (non-hydrogen) atoms. The summed E-state index contributed by atoms with van der Waals surface area (Å²) in [5.41, 5.74) is 1.01. The van der Waals surface area contributed by atoms with Crippen molar-refractivity contribution in [3.05, 3.63) is 16.1 Å². The smallest absolute Gasteiger partial charge is 0.323 e. The first-order valence-electron chi connectivity index (χ1n) is 6.79. The van der Waals surface area contributed by atoms with Crippen LogP contribution in [0, 0.1) is 12.8 Å². The van der Waals surface area contributed by atoms with Crippen molar-refractivity contribution in [1.29, 1.82) is 0 Å². The molecule has 1 aromatic rings. The Bertz CT molecular complexity index is 457. The molecule has 0 aromatic carbocycles. The summed E-state index contributed by atoms with van der Waals surface area (Å²) in [4.78, 5) is 28.6. The van der Waals surface area contributed by atoms with Gasteiger partial charge in [0.05, 0.1) is 10.7 Å². The normalized spacial score (nSPS) is 10.8. The predicted molar refractivity (Wildman–Crippen MR) is 78.8 cm³/mol. The van der Waals surface area contributed by atoms with Gasteiger partial charge in [-0.2, -0.15) is 0 Å². The maximum absolute atomic E-state index is 12.1. The molecule has 5 nitrogen and oxygen atoms in total. The van der Waals surface area contributed by atoms with E-state index in [1.807, 2.05) is 26.2 Å². The third-order valence-electron chi connectivity index (χ3n) is 2.75. The van der Waals surface area contributed by atoms with Crippen molar-refractivity contribution in [2.75, 3.05) is 13.1 Å². The topological polar surface area (TPSA) is 70.5 Å². The van der Waals surface area contributed by atoms with Crippen LogP contribution in [0.1, 0.15) is 37.4 Å². The fourth-order valence-electron chi connectivity index (χ4n) is 1.96. The van der Waals surface area contributed by atoms with Gasteiger partial charge in [-0.25, -0.2) is 4.98 Å². The molecule has 112 valence electrons. The Morgan fingerprint density at radius 1 is 1.45 bits per heavy atom. The van der Waals surface area contributed by atoms with E-state index < -0.39 is 5.97 Å². The molecule has 6 heteroatoms. The molecule has 1 rings (SSSR count). The molecule has 0 aliphatic carbocycles. The lowest BCUT2D eigenvalue weighted by Crippen LogP contribution is -2.38. The summed E-state index contributed by atoms with van der Waals surface area (Å²) in [6.07, 6.45) is 1.84. The summed E-state index contributed by atoms with van der Waals surface area (Å²) in [6, 6.07) is 0. The molecule has 1 heterocycles. The fraction of sp³-hybridized carbons (Fsp3) is 0.643. The zero-order valence-electron chi connectivity index (χ0n) is 12.3. The Balaban J connectivity index is 2.42. The van der Waals surface area contributed by atoms with Gasteiger partial charge in [0.1, 0.15) is 6.54 Å². The number of hydrogen-bond donors (Lipinski definition) is 1. The molecule has 0 atom stereocenters. The van der Waals surface area contributed by atoms with Gasteiger partial charge in [-0.3, -0.25) is 9.59 Å². The number of rotatable bonds is 8. The van der Waals surface area contributed by atoms with Gasteiger partial charge in [-0.1, -0.05) is 13.8 Å². The number of carbonyl (C=O) groups is 2. The largest absolute Gasteiger partial charge is 0.480 e. The third kappa shape index (κ3) is 6.14. The Kier molecular flexibility index (Phi) is 6.64. The standard InChI is InChI=1S/C14H22N2O3S/c1-10(2)7-16(8-14(18)19)13(17)6-4-5-12-9-20-11(3)15-12/h9-10H,4-8H2,1-3H3,(H,18,19). The second-order valence-corrected chi connectivity index (χ2v) is 6.34. The maximum Gasteiger partial charge on any atom is 0.323 e. The van der Waals surface area contributed by atoms with Gasteiger partial charge in [-0.05, 0) is 25.7 Å². The lowest BCUT2D eigenvalue weighted by molar-refractivity contribution is -0.144. The van der Waals surface area contributed by atoms with Crippen LogP contribution in [-0.4, -0.2) is 40.0 Å². The number of nitrogens with zero attached hydrogens (tertiary/aromatic N) is 2. The zero-order chi connectivity index (χ0) is 15.1. The number of thiazole rings is 1. The molecule has 0 bridgehead atoms. The highest BCUT2D eigenvalue weighted by Gasteiger charge is 2.17. The van der Waals surface area contributed by atoms with Crippen LogP contribution in [-0.2, 0) is 16.0 Å². The molecule has 1 aromatic heterocycles. The summed E-state index contributed by atoms with van der Waals surface area (Å²) in [5.74, 6) is -0.790. The van der Waals surface area contributed by atoms with E-state index in [4.69, 9.17) is 5.11 Å². The van der Waals surface area contributed by atoms with E-state index in [2.05, 4.69) is 4.98 Å². The van der Waals surface area contributed by atoms with Crippen molar-refractivity contribution < 1.29 is 14.7 Å². The van der Waals surface area contributed by atoms with Gasteiger partial charge in [0.2, 0.25) is 5.91 Å². The number of amides is 1. The molecule has 1 amide bonds. The van der Waals surface area contributed by atoms with Crippen LogP contribution >= 0.6 is 11.3 Å². The quantitative estimate of drug-likeness (QED) is 0.799. The van der Waals surface area contributed by atoms with Crippen LogP contribution in [0.4, 0.5) is 0 Å². The number of carboxylic acid groups (broad SMARTS) is 1. The molecule has 1 N–H and O–H groups in total. The van der Waals surface area contributed by atoms with Crippen molar-refractivity contribution in [1.82, 2.24) is 9.88 Å². The van der Waals surface area contributed by atoms with Crippen molar-refractivity contribution >= 4 is 23.2 Å². The summed E-state index contributed by atoms with van der Waals surface area (Å²) in [6.45, 7) is 6.17. The van der Waals surface area contributed by atoms with Crippen LogP contribution in [0.15, 0.2) is 5.38 Å². The molecule has 0 saturated carbocycles. The summed E-state index contributed by atoms with van der Waals surface area (Å²) in [7, 11) is 0. The van der Waals surface area contributed by atoms with E-state index in [1.165, 1.54) is 4.90 Å². The van der Waals surface area contributed by atoms with Crippen LogP contribution in [0.5, 0.6) is 0 Å². The van der Waals surface area contributed by atoms with Gasteiger partial charge in [0, 0.05) is 18.3 Å². The van der Waals surface area contributed by atoms with Crippen molar-refractivity contribution in [2.24, 2.45) is 5.92 Å². The van der Waals surface area contributed by atoms with Gasteiger partial charge in [0.25, 0.3) is 0 Å². The van der Waals surface area contributed by atoms with E-state index in [0.29, 0.717) is 19.4 Å². The zero-order valence-corrected chi connectivity index (χ0v) is 13.1. The van der Waals surface area contributed by atoms with E-state index in [1.54, 1.807) is 11.3 Å². The number of hydrogen-bond acceptors (Lipinski definition) is 4. The number of carboxylic acids is 1. The number of aliphatic carboxylic acids is 1. The maximum atomic E-state index is 12.1. The monoisotopic (exact) mass is 298 g/mol. The van der Waals surface area contributed by atoms with Crippen LogP contribution in [0.2, 0.25) is 0 Å². The van der Waals surface area contributed by atoms with Gasteiger partial charge in [-0.15, -0.1) is 11.3 Å². The Hall–Kier alpha value is -1.43. The van der Waals surface area contributed by atoms with Crippen LogP contribution in [0.25, 0.3) is 0 Å². The van der Waals surface area contributed by atoms with E-state index in [9.17, 15) is 9.59 Å². The average Bonchev–Trinajstić information content (AvgIpc) is 2.73. The molecule has 0 radical (unpaired) electrons. The highest BCUT2D eigenvalue weighted by Crippen LogP contribution is 2.11. The number of aryl methyl sites for hydroxylation is 2. The lowest BCUT2D eigenvalue weighted by Gasteiger charge is -2.22. The molecule has 0 aliphatic rings. The van der Waals surface area contributed by atoms with Crippen molar-refractivity contribution in [3.8, 4) is 0 Å². The molecular formula is C14H22N2O3S. The summed E-state index contributed by atoms with van der Waals surface area (Å²) in [5, 5.41) is 11.9. The second-order valence-electron chi connectivity index (χ2n) is 5.27. The minimum absolute atomic E-state index is 0.0898. The van der Waals surface area contributed by atoms with Gasteiger partial charge in [0.15, 0.2) is 0 Å². The summed E-state index contributed by atoms with van der Waals surface area (Å²) < 4.78 is 0. The third-order valence-corrected chi connectivity index (χ3v) is 3.58.